The smallest absolute Gasteiger partial charge is 0.254 e. The second kappa shape index (κ2) is 6.71. The lowest BCUT2D eigenvalue weighted by Gasteiger charge is -2.37. The number of carbonyl (C=O) groups excluding carboxylic acids is 1. The summed E-state index contributed by atoms with van der Waals surface area (Å²) < 4.78 is 1.90. The Hall–Kier alpha value is -2.73. The van der Waals surface area contributed by atoms with Crippen LogP contribution in [0.4, 0.5) is 0 Å². The Bertz CT molecular complexity index is 1060. The maximum Gasteiger partial charge on any atom is 0.254 e. The summed E-state index contributed by atoms with van der Waals surface area (Å²) in [7, 11) is 0. The van der Waals surface area contributed by atoms with E-state index in [9.17, 15) is 4.79 Å². The minimum Gasteiger partial charge on any atom is -0.335 e. The molecule has 28 heavy (non-hydrogen) atoms. The molecule has 144 valence electrons. The summed E-state index contributed by atoms with van der Waals surface area (Å²) in [6.45, 7) is 6.80. The number of rotatable bonds is 2. The van der Waals surface area contributed by atoms with Crippen LogP contribution in [0.15, 0.2) is 30.5 Å². The number of piperidine rings is 1. The zero-order valence-electron chi connectivity index (χ0n) is 16.4. The van der Waals surface area contributed by atoms with E-state index in [1.54, 1.807) is 0 Å². The summed E-state index contributed by atoms with van der Waals surface area (Å²) in [5, 5.41) is 8.12. The number of amides is 1. The summed E-state index contributed by atoms with van der Waals surface area (Å²) >= 11 is 0. The Balaban J connectivity index is 1.47. The van der Waals surface area contributed by atoms with Crippen LogP contribution in [-0.4, -0.2) is 51.1 Å². The Labute approximate surface area is 164 Å². The van der Waals surface area contributed by atoms with Gasteiger partial charge in [0.1, 0.15) is 0 Å². The topological polar surface area (TPSA) is 62.5 Å². The third-order valence-electron chi connectivity index (χ3n) is 6.02. The third kappa shape index (κ3) is 2.88. The quantitative estimate of drug-likeness (QED) is 0.748. The first-order chi connectivity index (χ1) is 13.6. The lowest BCUT2D eigenvalue weighted by atomic mass is 9.93. The van der Waals surface area contributed by atoms with Gasteiger partial charge in [0.05, 0.1) is 28.8 Å². The molecule has 0 spiro atoms. The molecule has 0 aliphatic carbocycles. The number of fused-ring (bicyclic) bond motifs is 2. The summed E-state index contributed by atoms with van der Waals surface area (Å²) in [4.78, 5) is 19.7. The van der Waals surface area contributed by atoms with E-state index in [0.717, 1.165) is 78.2 Å². The van der Waals surface area contributed by atoms with Crippen molar-refractivity contribution in [3.8, 4) is 11.3 Å². The van der Waals surface area contributed by atoms with E-state index in [0.29, 0.717) is 6.04 Å². The Morgan fingerprint density at radius 1 is 1.14 bits per heavy atom. The van der Waals surface area contributed by atoms with Crippen molar-refractivity contribution in [2.24, 2.45) is 0 Å². The SMILES string of the molecule is Cc1cn2nc(-c3ccc4c(c3)CCN(C3CCNCC3)C4=O)cc2c(C)n1. The lowest BCUT2D eigenvalue weighted by Crippen LogP contribution is -2.49. The number of hydrogen-bond acceptors (Lipinski definition) is 4. The molecule has 2 aliphatic rings. The summed E-state index contributed by atoms with van der Waals surface area (Å²) in [5.41, 5.74) is 6.92. The fourth-order valence-corrected chi connectivity index (χ4v) is 4.56. The average molecular weight is 375 g/mol. The zero-order chi connectivity index (χ0) is 19.3. The minimum absolute atomic E-state index is 0.186. The number of nitrogens with one attached hydrogen (secondary N) is 1. The molecule has 1 amide bonds. The van der Waals surface area contributed by atoms with Gasteiger partial charge in [-0.3, -0.25) is 9.78 Å². The second-order valence-electron chi connectivity index (χ2n) is 7.93. The highest BCUT2D eigenvalue weighted by Crippen LogP contribution is 2.28. The predicted octanol–water partition coefficient (Wildman–Crippen LogP) is 2.76. The van der Waals surface area contributed by atoms with Gasteiger partial charge in [0, 0.05) is 23.7 Å². The highest BCUT2D eigenvalue weighted by molar-refractivity contribution is 5.97. The van der Waals surface area contributed by atoms with Gasteiger partial charge in [0.2, 0.25) is 0 Å². The highest BCUT2D eigenvalue weighted by Gasteiger charge is 2.30. The van der Waals surface area contributed by atoms with Crippen LogP contribution < -0.4 is 5.32 Å². The van der Waals surface area contributed by atoms with Crippen molar-refractivity contribution in [1.82, 2.24) is 24.8 Å². The standard InChI is InChI=1S/C22H25N5O/c1-14-13-27-21(15(2)24-14)12-20(25-27)17-3-4-19-16(11-17)7-10-26(22(19)28)18-5-8-23-9-6-18/h3-4,11-13,18,23H,5-10H2,1-2H3. The van der Waals surface area contributed by atoms with Gasteiger partial charge in [-0.2, -0.15) is 5.10 Å². The van der Waals surface area contributed by atoms with Crippen molar-refractivity contribution in [2.75, 3.05) is 19.6 Å². The Morgan fingerprint density at radius 2 is 1.96 bits per heavy atom. The molecular weight excluding hydrogens is 350 g/mol. The van der Waals surface area contributed by atoms with Crippen LogP contribution in [0.25, 0.3) is 16.8 Å². The second-order valence-corrected chi connectivity index (χ2v) is 7.93. The molecule has 0 saturated carbocycles. The van der Waals surface area contributed by atoms with Gasteiger partial charge in [-0.05, 0) is 70.0 Å². The molecule has 6 heteroatoms. The predicted molar refractivity (Wildman–Crippen MR) is 109 cm³/mol. The molecule has 5 rings (SSSR count). The number of hydrogen-bond donors (Lipinski definition) is 1. The van der Waals surface area contributed by atoms with E-state index >= 15 is 0 Å². The van der Waals surface area contributed by atoms with Crippen LogP contribution in [0.5, 0.6) is 0 Å². The van der Waals surface area contributed by atoms with Crippen molar-refractivity contribution in [3.05, 3.63) is 53.0 Å². The van der Waals surface area contributed by atoms with Crippen molar-refractivity contribution in [3.63, 3.8) is 0 Å². The van der Waals surface area contributed by atoms with E-state index in [1.165, 1.54) is 0 Å². The molecule has 1 saturated heterocycles. The van der Waals surface area contributed by atoms with E-state index in [1.807, 2.05) is 36.7 Å². The van der Waals surface area contributed by atoms with Gasteiger partial charge in [-0.25, -0.2) is 4.52 Å². The Morgan fingerprint density at radius 3 is 2.79 bits per heavy atom. The van der Waals surface area contributed by atoms with Crippen molar-refractivity contribution in [2.45, 2.75) is 39.2 Å². The van der Waals surface area contributed by atoms with E-state index in [-0.39, 0.29) is 5.91 Å². The number of carbonyl (C=O) groups is 1. The maximum absolute atomic E-state index is 13.1. The molecule has 0 radical (unpaired) electrons. The maximum atomic E-state index is 13.1. The van der Waals surface area contributed by atoms with E-state index in [2.05, 4.69) is 27.3 Å². The summed E-state index contributed by atoms with van der Waals surface area (Å²) in [5.74, 6) is 0.186. The molecule has 2 aromatic heterocycles. The van der Waals surface area contributed by atoms with Crippen LogP contribution in [0.2, 0.25) is 0 Å². The van der Waals surface area contributed by atoms with Gasteiger partial charge in [-0.1, -0.05) is 6.07 Å². The molecule has 1 fully saturated rings. The fourth-order valence-electron chi connectivity index (χ4n) is 4.56. The van der Waals surface area contributed by atoms with Gasteiger partial charge >= 0.3 is 0 Å². The first-order valence-electron chi connectivity index (χ1n) is 10.1. The third-order valence-corrected chi connectivity index (χ3v) is 6.02. The van der Waals surface area contributed by atoms with Gasteiger partial charge < -0.3 is 10.2 Å². The molecule has 1 N–H and O–H groups in total. The van der Waals surface area contributed by atoms with E-state index in [4.69, 9.17) is 5.10 Å². The normalized spacial score (nSPS) is 17.9. The van der Waals surface area contributed by atoms with Gasteiger partial charge in [-0.15, -0.1) is 0 Å². The molecular formula is C22H25N5O. The van der Waals surface area contributed by atoms with Gasteiger partial charge in [0.25, 0.3) is 5.91 Å². The molecule has 3 aromatic rings. The molecule has 0 unspecified atom stereocenters. The number of aryl methyl sites for hydroxylation is 2. The van der Waals surface area contributed by atoms with Crippen LogP contribution in [0.1, 0.15) is 40.2 Å². The molecule has 6 nitrogen and oxygen atoms in total. The zero-order valence-corrected chi connectivity index (χ0v) is 16.4. The minimum atomic E-state index is 0.186. The van der Waals surface area contributed by atoms with Crippen LogP contribution in [0.3, 0.4) is 0 Å². The van der Waals surface area contributed by atoms with Crippen LogP contribution in [0, 0.1) is 13.8 Å². The van der Waals surface area contributed by atoms with E-state index < -0.39 is 0 Å². The van der Waals surface area contributed by atoms with Crippen LogP contribution >= 0.6 is 0 Å². The van der Waals surface area contributed by atoms with Crippen molar-refractivity contribution >= 4 is 11.4 Å². The lowest BCUT2D eigenvalue weighted by molar-refractivity contribution is 0.0623. The Kier molecular flexibility index (Phi) is 4.16. The molecule has 1 aromatic carbocycles. The fraction of sp³-hybridized carbons (Fsp3) is 0.409. The number of benzene rings is 1. The number of nitrogens with zero attached hydrogens (tertiary/aromatic N) is 4. The number of aromatic nitrogens is 3. The molecule has 2 aliphatic heterocycles. The average Bonchev–Trinajstić information content (AvgIpc) is 3.13. The van der Waals surface area contributed by atoms with Crippen molar-refractivity contribution in [1.29, 1.82) is 0 Å². The monoisotopic (exact) mass is 375 g/mol. The molecule has 4 heterocycles. The molecule has 0 bridgehead atoms. The van der Waals surface area contributed by atoms with Crippen LogP contribution in [-0.2, 0) is 6.42 Å². The first kappa shape index (κ1) is 17.4. The van der Waals surface area contributed by atoms with Crippen molar-refractivity contribution < 1.29 is 4.79 Å². The summed E-state index contributed by atoms with van der Waals surface area (Å²) in [6.07, 6.45) is 4.96. The summed E-state index contributed by atoms with van der Waals surface area (Å²) in [6, 6.07) is 8.61. The highest BCUT2D eigenvalue weighted by atomic mass is 16.2. The largest absolute Gasteiger partial charge is 0.335 e. The van der Waals surface area contributed by atoms with Gasteiger partial charge in [0.15, 0.2) is 0 Å². The molecule has 0 atom stereocenters. The first-order valence-corrected chi connectivity index (χ1v) is 10.1.